The molecular weight excluding hydrogens is 368 g/mol. The Morgan fingerprint density at radius 2 is 1.03 bits per heavy atom. The molecule has 0 spiro atoms. The molecule has 0 amide bonds. The summed E-state index contributed by atoms with van der Waals surface area (Å²) < 4.78 is 0. The normalized spacial score (nSPS) is 13.6. The van der Waals surface area contributed by atoms with Crippen LogP contribution in [-0.4, -0.2) is 11.1 Å². The molecule has 0 aromatic carbocycles. The highest BCUT2D eigenvalue weighted by Crippen LogP contribution is 2.28. The lowest BCUT2D eigenvalue weighted by atomic mass is 9.84. The Kier molecular flexibility index (Phi) is 21.3. The largest absolute Gasteiger partial charge is 0.481 e. The Balaban J connectivity index is 3.93. The van der Waals surface area contributed by atoms with Crippen molar-refractivity contribution < 1.29 is 9.90 Å². The predicted molar refractivity (Wildman–Crippen MR) is 133 cm³/mol. The van der Waals surface area contributed by atoms with Crippen LogP contribution < -0.4 is 0 Å². The zero-order valence-corrected chi connectivity index (χ0v) is 21.2. The lowest BCUT2D eigenvalue weighted by Gasteiger charge is -2.21. The lowest BCUT2D eigenvalue weighted by molar-refractivity contribution is -0.142. The van der Waals surface area contributed by atoms with E-state index in [1.165, 1.54) is 109 Å². The highest BCUT2D eigenvalue weighted by Gasteiger charge is 2.21. The number of rotatable bonds is 23. The Hall–Kier alpha value is -0.530. The van der Waals surface area contributed by atoms with Crippen molar-refractivity contribution in [1.82, 2.24) is 0 Å². The topological polar surface area (TPSA) is 37.3 Å². The van der Waals surface area contributed by atoms with Crippen LogP contribution >= 0.6 is 0 Å². The summed E-state index contributed by atoms with van der Waals surface area (Å²) in [5.74, 6) is 0.812. The first kappa shape index (κ1) is 29.5. The average molecular weight is 425 g/mol. The Morgan fingerprint density at radius 3 is 1.53 bits per heavy atom. The van der Waals surface area contributed by atoms with E-state index in [2.05, 4.69) is 27.7 Å². The van der Waals surface area contributed by atoms with Gasteiger partial charge in [0.1, 0.15) is 0 Å². The summed E-state index contributed by atoms with van der Waals surface area (Å²) in [5.41, 5.74) is 0. The van der Waals surface area contributed by atoms with Crippen molar-refractivity contribution in [1.29, 1.82) is 0 Å². The van der Waals surface area contributed by atoms with Gasteiger partial charge in [0.05, 0.1) is 5.92 Å². The molecular formula is C28H56O2. The third-order valence-electron chi connectivity index (χ3n) is 6.73. The molecule has 0 heterocycles. The second kappa shape index (κ2) is 21.7. The van der Waals surface area contributed by atoms with Gasteiger partial charge in [-0.25, -0.2) is 0 Å². The molecule has 30 heavy (non-hydrogen) atoms. The van der Waals surface area contributed by atoms with Crippen molar-refractivity contribution in [2.45, 2.75) is 156 Å². The minimum absolute atomic E-state index is 0.112. The van der Waals surface area contributed by atoms with Gasteiger partial charge in [0.25, 0.3) is 0 Å². The molecule has 0 saturated carbocycles. The molecule has 0 rings (SSSR count). The van der Waals surface area contributed by atoms with E-state index in [1.807, 2.05) is 0 Å². The van der Waals surface area contributed by atoms with Gasteiger partial charge in [-0.1, -0.05) is 143 Å². The molecule has 2 heteroatoms. The van der Waals surface area contributed by atoms with Crippen LogP contribution in [0.5, 0.6) is 0 Å². The van der Waals surface area contributed by atoms with Gasteiger partial charge in [-0.15, -0.1) is 0 Å². The van der Waals surface area contributed by atoms with E-state index in [0.717, 1.165) is 25.2 Å². The molecule has 0 fully saturated rings. The molecule has 0 aliphatic carbocycles. The maximum absolute atomic E-state index is 11.8. The minimum atomic E-state index is -0.550. The van der Waals surface area contributed by atoms with Crippen LogP contribution in [0.1, 0.15) is 156 Å². The molecule has 0 aromatic heterocycles. The summed E-state index contributed by atoms with van der Waals surface area (Å²) in [6.07, 6.45) is 25.2. The fourth-order valence-corrected chi connectivity index (χ4v) is 4.66. The van der Waals surface area contributed by atoms with E-state index < -0.39 is 5.97 Å². The van der Waals surface area contributed by atoms with Crippen LogP contribution in [0.2, 0.25) is 0 Å². The molecule has 0 radical (unpaired) electrons. The molecule has 0 aromatic rings. The van der Waals surface area contributed by atoms with Crippen molar-refractivity contribution in [2.24, 2.45) is 17.8 Å². The molecule has 2 atom stereocenters. The van der Waals surface area contributed by atoms with Crippen molar-refractivity contribution in [3.8, 4) is 0 Å². The van der Waals surface area contributed by atoms with Crippen molar-refractivity contribution in [2.75, 3.05) is 0 Å². The van der Waals surface area contributed by atoms with Crippen molar-refractivity contribution >= 4 is 5.97 Å². The molecule has 0 bridgehead atoms. The standard InChI is InChI=1S/C28H56O2/c1-5-7-9-18-22-26(21-8-6-2)24-27(28(29)30)23-19-16-14-12-10-11-13-15-17-20-25(3)4/h25-27H,5-24H2,1-4H3,(H,29,30). The Morgan fingerprint density at radius 1 is 0.600 bits per heavy atom. The van der Waals surface area contributed by atoms with Gasteiger partial charge < -0.3 is 5.11 Å². The Labute approximate surface area is 190 Å². The molecule has 0 aliphatic heterocycles. The van der Waals surface area contributed by atoms with Crippen LogP contribution in [0, 0.1) is 17.8 Å². The highest BCUT2D eigenvalue weighted by molar-refractivity contribution is 5.69. The monoisotopic (exact) mass is 424 g/mol. The van der Waals surface area contributed by atoms with E-state index in [4.69, 9.17) is 0 Å². The van der Waals surface area contributed by atoms with Crippen LogP contribution in [0.3, 0.4) is 0 Å². The zero-order valence-electron chi connectivity index (χ0n) is 21.2. The number of carbonyl (C=O) groups is 1. The number of carboxylic acids is 1. The average Bonchev–Trinajstić information content (AvgIpc) is 2.71. The zero-order chi connectivity index (χ0) is 22.5. The van der Waals surface area contributed by atoms with Gasteiger partial charge in [0, 0.05) is 0 Å². The quantitative estimate of drug-likeness (QED) is 0.166. The highest BCUT2D eigenvalue weighted by atomic mass is 16.4. The van der Waals surface area contributed by atoms with Gasteiger partial charge in [0.15, 0.2) is 0 Å². The molecule has 2 unspecified atom stereocenters. The van der Waals surface area contributed by atoms with Gasteiger partial charge in [-0.3, -0.25) is 4.79 Å². The first-order valence-electron chi connectivity index (χ1n) is 13.7. The van der Waals surface area contributed by atoms with Gasteiger partial charge in [-0.05, 0) is 24.7 Å². The summed E-state index contributed by atoms with van der Waals surface area (Å²) in [6.45, 7) is 9.12. The summed E-state index contributed by atoms with van der Waals surface area (Å²) >= 11 is 0. The van der Waals surface area contributed by atoms with Gasteiger partial charge >= 0.3 is 5.97 Å². The molecule has 2 nitrogen and oxygen atoms in total. The second-order valence-corrected chi connectivity index (χ2v) is 10.3. The van der Waals surface area contributed by atoms with E-state index in [9.17, 15) is 9.90 Å². The number of aliphatic carboxylic acids is 1. The fraction of sp³-hybridized carbons (Fsp3) is 0.964. The van der Waals surface area contributed by atoms with Crippen LogP contribution in [0.25, 0.3) is 0 Å². The molecule has 1 N–H and O–H groups in total. The SMILES string of the molecule is CCCCCCC(CCCC)CC(CCCCCCCCCCCC(C)C)C(=O)O. The van der Waals surface area contributed by atoms with Crippen LogP contribution in [0.4, 0.5) is 0 Å². The van der Waals surface area contributed by atoms with E-state index in [1.54, 1.807) is 0 Å². The maximum Gasteiger partial charge on any atom is 0.306 e. The molecule has 180 valence electrons. The maximum atomic E-state index is 11.8. The van der Waals surface area contributed by atoms with Gasteiger partial charge in [0.2, 0.25) is 0 Å². The van der Waals surface area contributed by atoms with Crippen LogP contribution in [0.15, 0.2) is 0 Å². The molecule has 0 saturated heterocycles. The van der Waals surface area contributed by atoms with Gasteiger partial charge in [-0.2, -0.15) is 0 Å². The third-order valence-corrected chi connectivity index (χ3v) is 6.73. The van der Waals surface area contributed by atoms with Crippen LogP contribution in [-0.2, 0) is 4.79 Å². The molecule has 0 aliphatic rings. The number of hydrogen-bond donors (Lipinski definition) is 1. The summed E-state index contributed by atoms with van der Waals surface area (Å²) in [7, 11) is 0. The van der Waals surface area contributed by atoms with E-state index in [-0.39, 0.29) is 5.92 Å². The van der Waals surface area contributed by atoms with Crippen molar-refractivity contribution in [3.63, 3.8) is 0 Å². The predicted octanol–water partition coefficient (Wildman–Crippen LogP) is 9.80. The summed E-state index contributed by atoms with van der Waals surface area (Å²) in [6, 6.07) is 0. The smallest absolute Gasteiger partial charge is 0.306 e. The van der Waals surface area contributed by atoms with E-state index in [0.29, 0.717) is 5.92 Å². The number of carboxylic acid groups (broad SMARTS) is 1. The van der Waals surface area contributed by atoms with Crippen molar-refractivity contribution in [3.05, 3.63) is 0 Å². The fourth-order valence-electron chi connectivity index (χ4n) is 4.66. The first-order valence-corrected chi connectivity index (χ1v) is 13.7. The summed E-state index contributed by atoms with van der Waals surface area (Å²) in [4.78, 5) is 11.8. The lowest BCUT2D eigenvalue weighted by Crippen LogP contribution is -2.18. The van der Waals surface area contributed by atoms with E-state index >= 15 is 0 Å². The number of unbranched alkanes of at least 4 members (excludes halogenated alkanes) is 12. The number of hydrogen-bond acceptors (Lipinski definition) is 1. The third kappa shape index (κ3) is 19.4. The minimum Gasteiger partial charge on any atom is -0.481 e. The second-order valence-electron chi connectivity index (χ2n) is 10.3. The summed E-state index contributed by atoms with van der Waals surface area (Å²) in [5, 5.41) is 9.73. The Bertz CT molecular complexity index is 364. The first-order chi connectivity index (χ1) is 14.5.